The molecule has 3 rings (SSSR count). The van der Waals surface area contributed by atoms with E-state index >= 15 is 0 Å². The molecular weight excluding hydrogens is 385 g/mol. The van der Waals surface area contributed by atoms with E-state index in [0.717, 1.165) is 25.6 Å². The highest BCUT2D eigenvalue weighted by Gasteiger charge is 2.25. The Hall–Kier alpha value is -1.34. The van der Waals surface area contributed by atoms with Crippen molar-refractivity contribution in [3.05, 3.63) is 41.3 Å². The Balaban J connectivity index is 0.00000182. The van der Waals surface area contributed by atoms with Gasteiger partial charge in [-0.2, -0.15) is 0 Å². The second kappa shape index (κ2) is 11.5. The van der Waals surface area contributed by atoms with Crippen LogP contribution in [-0.2, 0) is 6.54 Å². The molecule has 1 aromatic heterocycles. The monoisotopic (exact) mass is 415 g/mol. The van der Waals surface area contributed by atoms with Gasteiger partial charge in [-0.05, 0) is 51.4 Å². The Morgan fingerprint density at radius 1 is 1.15 bits per heavy atom. The quantitative estimate of drug-likeness (QED) is 0.715. The average Bonchev–Trinajstić information content (AvgIpc) is 3.06. The van der Waals surface area contributed by atoms with Crippen molar-refractivity contribution in [3.63, 3.8) is 0 Å². The third-order valence-electron chi connectivity index (χ3n) is 4.96. The van der Waals surface area contributed by atoms with E-state index in [0.29, 0.717) is 24.5 Å². The Morgan fingerprint density at radius 2 is 1.81 bits per heavy atom. The SMILES string of the molecule is CNCc1nnc(NCC(c2ccc(C)cc2)N2CCC(C)CC2)o1.Cl.Cl. The zero-order chi connectivity index (χ0) is 17.6. The second-order valence-corrected chi connectivity index (χ2v) is 7.06. The highest BCUT2D eigenvalue weighted by molar-refractivity contribution is 5.85. The van der Waals surface area contributed by atoms with Crippen LogP contribution in [0.1, 0.15) is 42.8 Å². The van der Waals surface area contributed by atoms with Gasteiger partial charge in [-0.25, -0.2) is 0 Å². The summed E-state index contributed by atoms with van der Waals surface area (Å²) in [4.78, 5) is 2.57. The molecule has 1 aromatic carbocycles. The number of hydrogen-bond acceptors (Lipinski definition) is 6. The molecule has 27 heavy (non-hydrogen) atoms. The molecule has 152 valence electrons. The van der Waals surface area contributed by atoms with Crippen molar-refractivity contribution in [3.8, 4) is 0 Å². The number of piperidine rings is 1. The number of hydrogen-bond donors (Lipinski definition) is 2. The lowest BCUT2D eigenvalue weighted by Crippen LogP contribution is -2.39. The Morgan fingerprint density at radius 3 is 2.44 bits per heavy atom. The van der Waals surface area contributed by atoms with Gasteiger partial charge in [-0.1, -0.05) is 41.9 Å². The summed E-state index contributed by atoms with van der Waals surface area (Å²) >= 11 is 0. The first-order valence-electron chi connectivity index (χ1n) is 9.17. The van der Waals surface area contributed by atoms with Crippen molar-refractivity contribution in [1.82, 2.24) is 20.4 Å². The van der Waals surface area contributed by atoms with Gasteiger partial charge in [0, 0.05) is 6.54 Å². The van der Waals surface area contributed by atoms with Gasteiger partial charge in [0.05, 0.1) is 12.6 Å². The predicted octanol–water partition coefficient (Wildman–Crippen LogP) is 3.83. The summed E-state index contributed by atoms with van der Waals surface area (Å²) in [6, 6.07) is 9.65. The van der Waals surface area contributed by atoms with Crippen molar-refractivity contribution < 1.29 is 4.42 Å². The van der Waals surface area contributed by atoms with Crippen LogP contribution >= 0.6 is 24.8 Å². The number of likely N-dealkylation sites (tertiary alicyclic amines) is 1. The second-order valence-electron chi connectivity index (χ2n) is 7.06. The van der Waals surface area contributed by atoms with Gasteiger partial charge in [-0.15, -0.1) is 29.9 Å². The Labute approximate surface area is 174 Å². The van der Waals surface area contributed by atoms with Gasteiger partial charge < -0.3 is 15.1 Å². The van der Waals surface area contributed by atoms with E-state index in [1.54, 1.807) is 0 Å². The first-order chi connectivity index (χ1) is 12.2. The van der Waals surface area contributed by atoms with E-state index in [2.05, 4.69) is 63.8 Å². The molecule has 0 amide bonds. The lowest BCUT2D eigenvalue weighted by molar-refractivity contribution is 0.143. The van der Waals surface area contributed by atoms with E-state index < -0.39 is 0 Å². The maximum Gasteiger partial charge on any atom is 0.315 e. The molecular formula is C19H31Cl2N5O. The van der Waals surface area contributed by atoms with E-state index in [-0.39, 0.29) is 24.8 Å². The maximum absolute atomic E-state index is 5.62. The molecule has 0 spiro atoms. The molecule has 0 radical (unpaired) electrons. The van der Waals surface area contributed by atoms with Crippen LogP contribution in [0.4, 0.5) is 6.01 Å². The fraction of sp³-hybridized carbons (Fsp3) is 0.579. The molecule has 1 aliphatic rings. The fourth-order valence-electron chi connectivity index (χ4n) is 3.32. The maximum atomic E-state index is 5.62. The molecule has 1 fully saturated rings. The minimum atomic E-state index is 0. The molecule has 2 N–H and O–H groups in total. The summed E-state index contributed by atoms with van der Waals surface area (Å²) in [5.41, 5.74) is 2.62. The van der Waals surface area contributed by atoms with Crippen molar-refractivity contribution in [2.24, 2.45) is 5.92 Å². The Kier molecular flexibility index (Phi) is 10.1. The molecule has 2 heterocycles. The van der Waals surface area contributed by atoms with Crippen LogP contribution in [0.3, 0.4) is 0 Å². The van der Waals surface area contributed by atoms with Crippen molar-refractivity contribution >= 4 is 30.8 Å². The first kappa shape index (κ1) is 23.7. The number of anilines is 1. The minimum absolute atomic E-state index is 0. The van der Waals surface area contributed by atoms with Gasteiger partial charge in [0.25, 0.3) is 0 Å². The third-order valence-corrected chi connectivity index (χ3v) is 4.96. The molecule has 6 nitrogen and oxygen atoms in total. The molecule has 1 aliphatic heterocycles. The predicted molar refractivity (Wildman–Crippen MR) is 114 cm³/mol. The minimum Gasteiger partial charge on any atom is -0.407 e. The normalized spacial score (nSPS) is 16.3. The Bertz CT molecular complexity index is 656. The molecule has 1 saturated heterocycles. The van der Waals surface area contributed by atoms with Crippen LogP contribution in [0.15, 0.2) is 28.7 Å². The van der Waals surface area contributed by atoms with Gasteiger partial charge >= 0.3 is 6.01 Å². The van der Waals surface area contributed by atoms with E-state index in [4.69, 9.17) is 4.42 Å². The highest BCUT2D eigenvalue weighted by atomic mass is 35.5. The smallest absolute Gasteiger partial charge is 0.315 e. The number of nitrogens with zero attached hydrogens (tertiary/aromatic N) is 3. The number of nitrogens with one attached hydrogen (secondary N) is 2. The molecule has 0 saturated carbocycles. The van der Waals surface area contributed by atoms with E-state index in [1.807, 2.05) is 7.05 Å². The van der Waals surface area contributed by atoms with Crippen molar-refractivity contribution in [2.45, 2.75) is 39.3 Å². The zero-order valence-corrected chi connectivity index (χ0v) is 17.9. The topological polar surface area (TPSA) is 66.2 Å². The molecule has 0 bridgehead atoms. The van der Waals surface area contributed by atoms with Crippen LogP contribution < -0.4 is 10.6 Å². The molecule has 8 heteroatoms. The number of aromatic nitrogens is 2. The summed E-state index contributed by atoms with van der Waals surface area (Å²) in [5.74, 6) is 1.42. The van der Waals surface area contributed by atoms with Gasteiger partial charge in [0.1, 0.15) is 0 Å². The summed E-state index contributed by atoms with van der Waals surface area (Å²) < 4.78 is 5.62. The van der Waals surface area contributed by atoms with Crippen LogP contribution in [0.2, 0.25) is 0 Å². The highest BCUT2D eigenvalue weighted by Crippen LogP contribution is 2.27. The summed E-state index contributed by atoms with van der Waals surface area (Å²) in [5, 5.41) is 14.5. The van der Waals surface area contributed by atoms with Crippen molar-refractivity contribution in [1.29, 1.82) is 0 Å². The molecule has 1 atom stereocenters. The molecule has 0 aliphatic carbocycles. The summed E-state index contributed by atoms with van der Waals surface area (Å²) in [7, 11) is 1.86. The zero-order valence-electron chi connectivity index (χ0n) is 16.3. The average molecular weight is 416 g/mol. The fourth-order valence-corrected chi connectivity index (χ4v) is 3.32. The van der Waals surface area contributed by atoms with Crippen LogP contribution in [0, 0.1) is 12.8 Å². The summed E-state index contributed by atoms with van der Waals surface area (Å²) in [6.07, 6.45) is 2.52. The largest absolute Gasteiger partial charge is 0.407 e. The molecule has 1 unspecified atom stereocenters. The van der Waals surface area contributed by atoms with E-state index in [9.17, 15) is 0 Å². The van der Waals surface area contributed by atoms with Crippen LogP contribution in [0.5, 0.6) is 0 Å². The lowest BCUT2D eigenvalue weighted by Gasteiger charge is -2.37. The number of aryl methyl sites for hydroxylation is 1. The standard InChI is InChI=1S/C19H29N5O.2ClH/c1-14-4-6-16(7-5-14)17(24-10-8-15(2)9-11-24)12-21-19-23-22-18(25-19)13-20-3;;/h4-7,15,17,20H,8-13H2,1-3H3,(H,21,23);2*1H. The van der Waals surface area contributed by atoms with Crippen LogP contribution in [-0.4, -0.2) is 41.8 Å². The summed E-state index contributed by atoms with van der Waals surface area (Å²) in [6.45, 7) is 8.09. The van der Waals surface area contributed by atoms with Crippen molar-refractivity contribution in [2.75, 3.05) is 32.0 Å². The first-order valence-corrected chi connectivity index (χ1v) is 9.17. The number of benzene rings is 1. The number of rotatable bonds is 7. The van der Waals surface area contributed by atoms with E-state index in [1.165, 1.54) is 24.0 Å². The lowest BCUT2D eigenvalue weighted by atomic mass is 9.95. The molecule has 2 aromatic rings. The van der Waals surface area contributed by atoms with Gasteiger partial charge in [-0.3, -0.25) is 4.90 Å². The number of halogens is 2. The van der Waals surface area contributed by atoms with Crippen LogP contribution in [0.25, 0.3) is 0 Å². The van der Waals surface area contributed by atoms with Gasteiger partial charge in [0.2, 0.25) is 5.89 Å². The third kappa shape index (κ3) is 6.64. The van der Waals surface area contributed by atoms with Gasteiger partial charge in [0.15, 0.2) is 0 Å².